The number of hydrogen-bond acceptors (Lipinski definition) is 7. The quantitative estimate of drug-likeness (QED) is 0.177. The van der Waals surface area contributed by atoms with Gasteiger partial charge in [0.15, 0.2) is 5.82 Å². The number of fused-ring (bicyclic) bond motifs is 1. The Balaban J connectivity index is 1.60. The third kappa shape index (κ3) is 4.61. The molecule has 0 fully saturated rings. The Morgan fingerprint density at radius 3 is 2.87 bits per heavy atom. The maximum atomic E-state index is 10.8. The number of rotatable bonds is 10. The molecule has 3 heterocycles. The van der Waals surface area contributed by atoms with E-state index in [2.05, 4.69) is 26.0 Å². The summed E-state index contributed by atoms with van der Waals surface area (Å²) in [5.41, 5.74) is 3.84. The highest BCUT2D eigenvalue weighted by atomic mass is 16.3. The maximum absolute atomic E-state index is 10.8. The van der Waals surface area contributed by atoms with E-state index in [0.29, 0.717) is 5.69 Å². The average Bonchev–Trinajstić information content (AvgIpc) is 3.41. The lowest BCUT2D eigenvalue weighted by molar-refractivity contribution is -0.106. The summed E-state index contributed by atoms with van der Waals surface area (Å²) >= 11 is 0. The van der Waals surface area contributed by atoms with Crippen LogP contribution in [0, 0.1) is 6.92 Å². The van der Waals surface area contributed by atoms with Gasteiger partial charge in [-0.05, 0) is 37.1 Å². The molecule has 160 valence electrons. The van der Waals surface area contributed by atoms with E-state index in [1.54, 1.807) is 18.6 Å². The lowest BCUT2D eigenvalue weighted by Gasteiger charge is -2.15. The second-order valence-electron chi connectivity index (χ2n) is 7.19. The number of nitrogens with one attached hydrogen (secondary N) is 3. The number of imidazole rings is 1. The van der Waals surface area contributed by atoms with Gasteiger partial charge < -0.3 is 30.4 Å². The highest BCUT2D eigenvalue weighted by Gasteiger charge is 2.15. The Bertz CT molecular complexity index is 1170. The number of aromatic hydroxyl groups is 1. The van der Waals surface area contributed by atoms with Gasteiger partial charge in [-0.1, -0.05) is 6.07 Å². The van der Waals surface area contributed by atoms with E-state index in [0.717, 1.165) is 54.1 Å². The van der Waals surface area contributed by atoms with Crippen LogP contribution in [-0.4, -0.2) is 43.6 Å². The first kappa shape index (κ1) is 20.3. The van der Waals surface area contributed by atoms with Gasteiger partial charge in [-0.2, -0.15) is 0 Å². The van der Waals surface area contributed by atoms with Gasteiger partial charge in [-0.25, -0.2) is 9.50 Å². The van der Waals surface area contributed by atoms with Crippen molar-refractivity contribution in [2.24, 2.45) is 0 Å². The summed E-state index contributed by atoms with van der Waals surface area (Å²) in [5.74, 6) is 0.889. The summed E-state index contributed by atoms with van der Waals surface area (Å²) in [5, 5.41) is 24.7. The molecule has 0 saturated carbocycles. The number of aldehydes is 1. The molecule has 0 radical (unpaired) electrons. The van der Waals surface area contributed by atoms with Crippen LogP contribution < -0.4 is 16.0 Å². The number of pyridine rings is 1. The van der Waals surface area contributed by atoms with Crippen LogP contribution in [0.3, 0.4) is 0 Å². The lowest BCUT2D eigenvalue weighted by atomic mass is 10.1. The summed E-state index contributed by atoms with van der Waals surface area (Å²) in [4.78, 5) is 14.9. The largest absolute Gasteiger partial charge is 0.508 e. The molecule has 9 nitrogen and oxygen atoms in total. The van der Waals surface area contributed by atoms with Crippen molar-refractivity contribution in [1.29, 1.82) is 0 Å². The van der Waals surface area contributed by atoms with Gasteiger partial charge >= 0.3 is 0 Å². The van der Waals surface area contributed by atoms with Crippen LogP contribution in [0.1, 0.15) is 12.0 Å². The highest BCUT2D eigenvalue weighted by Crippen LogP contribution is 2.36. The molecule has 4 N–H and O–H groups in total. The summed E-state index contributed by atoms with van der Waals surface area (Å²) < 4.78 is 3.85. The zero-order valence-electron chi connectivity index (χ0n) is 17.2. The smallest absolute Gasteiger partial charge is 0.172 e. The van der Waals surface area contributed by atoms with E-state index in [4.69, 9.17) is 0 Å². The fourth-order valence-electron chi connectivity index (χ4n) is 3.37. The highest BCUT2D eigenvalue weighted by molar-refractivity contribution is 5.90. The van der Waals surface area contributed by atoms with E-state index in [-0.39, 0.29) is 12.3 Å². The molecule has 9 heteroatoms. The molecule has 0 spiro atoms. The number of carbonyl (C=O) groups excluding carboxylic acids is 1. The fraction of sp³-hybridized carbons (Fsp3) is 0.227. The molecule has 1 aromatic carbocycles. The number of aromatic nitrogens is 4. The van der Waals surface area contributed by atoms with Crippen molar-refractivity contribution in [3.05, 3.63) is 60.8 Å². The Labute approximate surface area is 179 Å². The number of nitrogens with zero attached hydrogens (tertiary/aromatic N) is 4. The van der Waals surface area contributed by atoms with Gasteiger partial charge in [0.2, 0.25) is 0 Å². The van der Waals surface area contributed by atoms with Crippen molar-refractivity contribution < 1.29 is 9.90 Å². The number of phenols is 1. The minimum atomic E-state index is 0.144. The molecular formula is C22H25N7O2. The second-order valence-corrected chi connectivity index (χ2v) is 7.19. The summed E-state index contributed by atoms with van der Waals surface area (Å²) in [6.07, 6.45) is 9.10. The molecule has 3 aromatic heterocycles. The van der Waals surface area contributed by atoms with E-state index in [1.165, 1.54) is 0 Å². The minimum Gasteiger partial charge on any atom is -0.508 e. The van der Waals surface area contributed by atoms with Crippen molar-refractivity contribution in [2.75, 3.05) is 29.0 Å². The summed E-state index contributed by atoms with van der Waals surface area (Å²) in [6, 6.07) is 9.33. The van der Waals surface area contributed by atoms with Gasteiger partial charge in [0.05, 0.1) is 29.8 Å². The van der Waals surface area contributed by atoms with Crippen molar-refractivity contribution >= 4 is 34.7 Å². The van der Waals surface area contributed by atoms with E-state index >= 15 is 0 Å². The summed E-state index contributed by atoms with van der Waals surface area (Å²) in [7, 11) is 0. The predicted molar refractivity (Wildman–Crippen MR) is 121 cm³/mol. The van der Waals surface area contributed by atoms with Crippen molar-refractivity contribution in [2.45, 2.75) is 19.9 Å². The molecule has 0 atom stereocenters. The van der Waals surface area contributed by atoms with Gasteiger partial charge in [-0.3, -0.25) is 0 Å². The first-order valence-electron chi connectivity index (χ1n) is 10.1. The van der Waals surface area contributed by atoms with Gasteiger partial charge in [0, 0.05) is 37.7 Å². The number of benzene rings is 1. The first-order valence-corrected chi connectivity index (χ1v) is 10.1. The molecule has 0 saturated heterocycles. The number of hydrogen-bond donors (Lipinski definition) is 4. The number of anilines is 4. The Kier molecular flexibility index (Phi) is 6.02. The zero-order chi connectivity index (χ0) is 21.6. The molecule has 0 unspecified atom stereocenters. The van der Waals surface area contributed by atoms with Crippen LogP contribution >= 0.6 is 0 Å². The Hall–Kier alpha value is -4.01. The number of aryl methyl sites for hydroxylation is 2. The Morgan fingerprint density at radius 1 is 1.16 bits per heavy atom. The third-order valence-electron chi connectivity index (χ3n) is 4.96. The standard InChI is InChI=1S/C22H25N7O2/c1-16-13-18(17(14-20(16)31)24-8-12-30)26-21-19-5-2-3-10-29(19)27-22(21)25-6-4-9-28-11-7-23-15-28/h2-3,5,7,10-15,24,26,31H,4,6,8-9H2,1H3,(H,25,27). The van der Waals surface area contributed by atoms with Crippen LogP contribution in [0.2, 0.25) is 0 Å². The molecular weight excluding hydrogens is 394 g/mol. The minimum absolute atomic E-state index is 0.144. The van der Waals surface area contributed by atoms with Crippen molar-refractivity contribution in [3.8, 4) is 5.75 Å². The number of phenolic OH excluding ortho intramolecular Hbond substituents is 1. The molecule has 31 heavy (non-hydrogen) atoms. The second kappa shape index (κ2) is 9.21. The van der Waals surface area contributed by atoms with Crippen LogP contribution in [0.5, 0.6) is 5.75 Å². The van der Waals surface area contributed by atoms with E-state index < -0.39 is 0 Å². The maximum Gasteiger partial charge on any atom is 0.172 e. The molecule has 4 rings (SSSR count). The molecule has 4 aromatic rings. The van der Waals surface area contributed by atoms with Crippen LogP contribution in [0.4, 0.5) is 22.9 Å². The zero-order valence-corrected chi connectivity index (χ0v) is 17.2. The topological polar surface area (TPSA) is 109 Å². The van der Waals surface area contributed by atoms with Crippen molar-refractivity contribution in [1.82, 2.24) is 19.2 Å². The average molecular weight is 419 g/mol. The van der Waals surface area contributed by atoms with Gasteiger partial charge in [0.25, 0.3) is 0 Å². The normalized spacial score (nSPS) is 10.9. The predicted octanol–water partition coefficient (Wildman–Crippen LogP) is 3.40. The summed E-state index contributed by atoms with van der Waals surface area (Å²) in [6.45, 7) is 3.57. The van der Waals surface area contributed by atoms with Gasteiger partial charge in [0.1, 0.15) is 17.7 Å². The molecule has 0 amide bonds. The third-order valence-corrected chi connectivity index (χ3v) is 4.96. The van der Waals surface area contributed by atoms with Crippen LogP contribution in [-0.2, 0) is 11.3 Å². The van der Waals surface area contributed by atoms with Crippen molar-refractivity contribution in [3.63, 3.8) is 0 Å². The van der Waals surface area contributed by atoms with E-state index in [9.17, 15) is 9.90 Å². The molecule has 0 aliphatic heterocycles. The van der Waals surface area contributed by atoms with Crippen LogP contribution in [0.25, 0.3) is 5.52 Å². The molecule has 0 aliphatic rings. The SMILES string of the molecule is Cc1cc(Nc2c(NCCCn3ccnc3)nn3ccccc23)c(NCC=O)cc1O. The monoisotopic (exact) mass is 419 g/mol. The van der Waals surface area contributed by atoms with Crippen LogP contribution in [0.15, 0.2) is 55.2 Å². The molecule has 0 aliphatic carbocycles. The van der Waals surface area contributed by atoms with Gasteiger partial charge in [-0.15, -0.1) is 5.10 Å². The molecule has 0 bridgehead atoms. The fourth-order valence-corrected chi connectivity index (χ4v) is 3.37. The van der Waals surface area contributed by atoms with E-state index in [1.807, 2.05) is 52.7 Å². The lowest BCUT2D eigenvalue weighted by Crippen LogP contribution is -2.08. The first-order chi connectivity index (χ1) is 15.2. The Morgan fingerprint density at radius 2 is 2.06 bits per heavy atom. The number of carbonyl (C=O) groups is 1.